The van der Waals surface area contributed by atoms with E-state index in [1.807, 2.05) is 0 Å². The third-order valence-electron chi connectivity index (χ3n) is 1.91. The Morgan fingerprint density at radius 1 is 1.50 bits per heavy atom. The van der Waals surface area contributed by atoms with E-state index in [-0.39, 0.29) is 18.3 Å². The van der Waals surface area contributed by atoms with Crippen LogP contribution in [0.4, 0.5) is 19.3 Å². The first-order valence-electron chi connectivity index (χ1n) is 4.75. The van der Waals surface area contributed by atoms with E-state index in [1.54, 1.807) is 6.92 Å². The van der Waals surface area contributed by atoms with E-state index in [0.717, 1.165) is 12.1 Å². The standard InChI is InChI=1S/C10H13F2N3O/c1-6(5-13)14-10(16)15-9-3-2-7(11)4-8(9)12/h2-4,6H,5,13H2,1H3,(H2,14,15,16)/t6-/m1/s1. The van der Waals surface area contributed by atoms with Gasteiger partial charge in [0.1, 0.15) is 11.6 Å². The lowest BCUT2D eigenvalue weighted by Gasteiger charge is -2.12. The van der Waals surface area contributed by atoms with Gasteiger partial charge >= 0.3 is 6.03 Å². The average Bonchev–Trinajstić information content (AvgIpc) is 2.22. The maximum Gasteiger partial charge on any atom is 0.319 e. The first-order valence-corrected chi connectivity index (χ1v) is 4.75. The Morgan fingerprint density at radius 3 is 2.75 bits per heavy atom. The predicted octanol–water partition coefficient (Wildman–Crippen LogP) is 1.43. The highest BCUT2D eigenvalue weighted by molar-refractivity contribution is 5.89. The molecule has 4 nitrogen and oxygen atoms in total. The summed E-state index contributed by atoms with van der Waals surface area (Å²) in [5.41, 5.74) is 5.22. The van der Waals surface area contributed by atoms with Gasteiger partial charge in [0.05, 0.1) is 5.69 Å². The summed E-state index contributed by atoms with van der Waals surface area (Å²) in [6, 6.07) is 2.11. The molecule has 0 unspecified atom stereocenters. The van der Waals surface area contributed by atoms with Gasteiger partial charge in [0, 0.05) is 18.7 Å². The van der Waals surface area contributed by atoms with Crippen molar-refractivity contribution in [2.24, 2.45) is 5.73 Å². The SMILES string of the molecule is C[C@H](CN)NC(=O)Nc1ccc(F)cc1F. The molecule has 1 atom stereocenters. The molecule has 0 heterocycles. The maximum atomic E-state index is 13.1. The Bertz CT molecular complexity index is 384. The molecule has 0 aromatic heterocycles. The molecule has 0 aliphatic carbocycles. The van der Waals surface area contributed by atoms with Crippen LogP contribution in [0.3, 0.4) is 0 Å². The fourth-order valence-corrected chi connectivity index (χ4v) is 1.03. The van der Waals surface area contributed by atoms with Crippen LogP contribution in [0.25, 0.3) is 0 Å². The minimum absolute atomic E-state index is 0.0804. The van der Waals surface area contributed by atoms with Crippen LogP contribution in [0.2, 0.25) is 0 Å². The molecular weight excluding hydrogens is 216 g/mol. The Hall–Kier alpha value is -1.69. The predicted molar refractivity (Wildman–Crippen MR) is 57.0 cm³/mol. The summed E-state index contributed by atoms with van der Waals surface area (Å²) in [4.78, 5) is 11.3. The van der Waals surface area contributed by atoms with Crippen LogP contribution in [0.15, 0.2) is 18.2 Å². The van der Waals surface area contributed by atoms with Gasteiger partial charge in [-0.2, -0.15) is 0 Å². The van der Waals surface area contributed by atoms with E-state index < -0.39 is 17.7 Å². The minimum Gasteiger partial charge on any atom is -0.334 e. The van der Waals surface area contributed by atoms with Gasteiger partial charge in [0.15, 0.2) is 0 Å². The monoisotopic (exact) mass is 229 g/mol. The molecule has 0 radical (unpaired) electrons. The molecule has 4 N–H and O–H groups in total. The summed E-state index contributed by atoms with van der Waals surface area (Å²) in [6.07, 6.45) is 0. The van der Waals surface area contributed by atoms with E-state index in [2.05, 4.69) is 10.6 Å². The van der Waals surface area contributed by atoms with Crippen molar-refractivity contribution in [3.05, 3.63) is 29.8 Å². The Balaban J connectivity index is 2.63. The summed E-state index contributed by atoms with van der Waals surface area (Å²) in [5.74, 6) is -1.52. The van der Waals surface area contributed by atoms with Gasteiger partial charge in [-0.05, 0) is 19.1 Å². The second kappa shape index (κ2) is 5.41. The zero-order valence-electron chi connectivity index (χ0n) is 8.76. The Morgan fingerprint density at radius 2 is 2.19 bits per heavy atom. The number of hydrogen-bond acceptors (Lipinski definition) is 2. The number of carbonyl (C=O) groups excluding carboxylic acids is 1. The van der Waals surface area contributed by atoms with Crippen LogP contribution in [0.1, 0.15) is 6.92 Å². The number of amides is 2. The number of benzene rings is 1. The number of halogens is 2. The molecule has 0 spiro atoms. The molecule has 1 aromatic carbocycles. The third kappa shape index (κ3) is 3.47. The summed E-state index contributed by atoms with van der Waals surface area (Å²) in [5, 5.41) is 4.74. The lowest BCUT2D eigenvalue weighted by Crippen LogP contribution is -2.40. The number of nitrogens with two attached hydrogens (primary N) is 1. The quantitative estimate of drug-likeness (QED) is 0.734. The van der Waals surface area contributed by atoms with E-state index >= 15 is 0 Å². The first kappa shape index (κ1) is 12.4. The molecule has 1 aromatic rings. The smallest absolute Gasteiger partial charge is 0.319 e. The topological polar surface area (TPSA) is 67.1 Å². The second-order valence-electron chi connectivity index (χ2n) is 3.36. The number of rotatable bonds is 3. The van der Waals surface area contributed by atoms with Crippen molar-refractivity contribution in [2.45, 2.75) is 13.0 Å². The fraction of sp³-hybridized carbons (Fsp3) is 0.300. The molecule has 2 amide bonds. The van der Waals surface area contributed by atoms with E-state index in [4.69, 9.17) is 5.73 Å². The molecule has 0 saturated carbocycles. The van der Waals surface area contributed by atoms with Gasteiger partial charge < -0.3 is 16.4 Å². The van der Waals surface area contributed by atoms with Crippen molar-refractivity contribution < 1.29 is 13.6 Å². The highest BCUT2D eigenvalue weighted by Crippen LogP contribution is 2.14. The molecular formula is C10H13F2N3O. The second-order valence-corrected chi connectivity index (χ2v) is 3.36. The molecule has 88 valence electrons. The van der Waals surface area contributed by atoms with Crippen molar-refractivity contribution in [2.75, 3.05) is 11.9 Å². The van der Waals surface area contributed by atoms with Crippen molar-refractivity contribution in [3.63, 3.8) is 0 Å². The van der Waals surface area contributed by atoms with Crippen LogP contribution < -0.4 is 16.4 Å². The molecule has 16 heavy (non-hydrogen) atoms. The van der Waals surface area contributed by atoms with E-state index in [9.17, 15) is 13.6 Å². The first-order chi connectivity index (χ1) is 7.52. The molecule has 0 fully saturated rings. The molecule has 1 rings (SSSR count). The zero-order valence-corrected chi connectivity index (χ0v) is 8.76. The van der Waals surface area contributed by atoms with Crippen molar-refractivity contribution in [1.29, 1.82) is 0 Å². The van der Waals surface area contributed by atoms with Gasteiger partial charge in [0.25, 0.3) is 0 Å². The highest BCUT2D eigenvalue weighted by Gasteiger charge is 2.09. The van der Waals surface area contributed by atoms with Crippen molar-refractivity contribution in [3.8, 4) is 0 Å². The molecule has 0 aliphatic rings. The van der Waals surface area contributed by atoms with Gasteiger partial charge in [-0.3, -0.25) is 0 Å². The van der Waals surface area contributed by atoms with E-state index in [0.29, 0.717) is 6.07 Å². The van der Waals surface area contributed by atoms with Crippen LogP contribution in [0.5, 0.6) is 0 Å². The summed E-state index contributed by atoms with van der Waals surface area (Å²) in [6.45, 7) is 1.99. The largest absolute Gasteiger partial charge is 0.334 e. The Kier molecular flexibility index (Phi) is 4.19. The molecule has 0 aliphatic heterocycles. The number of carbonyl (C=O) groups is 1. The number of anilines is 1. The molecule has 0 bridgehead atoms. The normalized spacial score (nSPS) is 12.0. The summed E-state index contributed by atoms with van der Waals surface area (Å²) >= 11 is 0. The van der Waals surface area contributed by atoms with Crippen LogP contribution in [-0.2, 0) is 0 Å². The third-order valence-corrected chi connectivity index (χ3v) is 1.91. The van der Waals surface area contributed by atoms with E-state index in [1.165, 1.54) is 0 Å². The van der Waals surface area contributed by atoms with Gasteiger partial charge in [-0.25, -0.2) is 13.6 Å². The number of nitrogens with one attached hydrogen (secondary N) is 2. The lowest BCUT2D eigenvalue weighted by atomic mass is 10.3. The fourth-order valence-electron chi connectivity index (χ4n) is 1.03. The molecule has 0 saturated heterocycles. The van der Waals surface area contributed by atoms with Crippen LogP contribution >= 0.6 is 0 Å². The van der Waals surface area contributed by atoms with Gasteiger partial charge in [-0.15, -0.1) is 0 Å². The van der Waals surface area contributed by atoms with Crippen LogP contribution in [-0.4, -0.2) is 18.6 Å². The average molecular weight is 229 g/mol. The Labute approximate surface area is 91.8 Å². The minimum atomic E-state index is -0.824. The summed E-state index contributed by atoms with van der Waals surface area (Å²) < 4.78 is 25.7. The zero-order chi connectivity index (χ0) is 12.1. The van der Waals surface area contributed by atoms with Crippen LogP contribution in [0, 0.1) is 11.6 Å². The molecule has 6 heteroatoms. The van der Waals surface area contributed by atoms with Crippen molar-refractivity contribution in [1.82, 2.24) is 5.32 Å². The van der Waals surface area contributed by atoms with Gasteiger partial charge in [-0.1, -0.05) is 0 Å². The maximum absolute atomic E-state index is 13.1. The summed E-state index contributed by atoms with van der Waals surface area (Å²) in [7, 11) is 0. The number of urea groups is 1. The van der Waals surface area contributed by atoms with Gasteiger partial charge in [0.2, 0.25) is 0 Å². The highest BCUT2D eigenvalue weighted by atomic mass is 19.1. The number of hydrogen-bond donors (Lipinski definition) is 3. The van der Waals surface area contributed by atoms with Crippen molar-refractivity contribution >= 4 is 11.7 Å². The lowest BCUT2D eigenvalue weighted by molar-refractivity contribution is 0.249.